The summed E-state index contributed by atoms with van der Waals surface area (Å²) in [6.45, 7) is 1.16. The van der Waals surface area contributed by atoms with Crippen LogP contribution in [0.3, 0.4) is 0 Å². The monoisotopic (exact) mass is 313 g/mol. The predicted molar refractivity (Wildman–Crippen MR) is 68.7 cm³/mol. The molecule has 0 aliphatic rings. The molecule has 0 saturated heterocycles. The van der Waals surface area contributed by atoms with Gasteiger partial charge in [-0.1, -0.05) is 0 Å². The van der Waals surface area contributed by atoms with Crippen LogP contribution in [0.4, 0.5) is 13.2 Å². The molecule has 0 aliphatic carbocycles. The van der Waals surface area contributed by atoms with E-state index in [0.717, 1.165) is 12.1 Å². The maximum atomic E-state index is 13.7. The van der Waals surface area contributed by atoms with Crippen molar-refractivity contribution in [2.24, 2.45) is 5.73 Å². The molecule has 0 bridgehead atoms. The molecule has 1 atom stereocenters. The lowest BCUT2D eigenvalue weighted by molar-refractivity contribution is -0.174. The van der Waals surface area contributed by atoms with Crippen molar-refractivity contribution in [2.45, 2.75) is 18.9 Å². The fraction of sp³-hybridized carbons (Fsp3) is 0.417. The van der Waals surface area contributed by atoms with Gasteiger partial charge in [0.2, 0.25) is 0 Å². The maximum absolute atomic E-state index is 13.7. The molecule has 0 aromatic heterocycles. The van der Waals surface area contributed by atoms with Crippen molar-refractivity contribution in [3.63, 3.8) is 0 Å². The molecule has 0 fully saturated rings. The van der Waals surface area contributed by atoms with Gasteiger partial charge in [0.1, 0.15) is 17.6 Å². The first-order valence-corrected chi connectivity index (χ1v) is 5.48. The molecule has 0 aliphatic heterocycles. The highest BCUT2D eigenvalue weighted by atomic mass is 35.5. The summed E-state index contributed by atoms with van der Waals surface area (Å²) < 4.78 is 49.9. The van der Waals surface area contributed by atoms with E-state index in [1.54, 1.807) is 0 Å². The van der Waals surface area contributed by atoms with Gasteiger partial charge in [-0.3, -0.25) is 0 Å². The zero-order valence-corrected chi connectivity index (χ0v) is 11.7. The molecule has 20 heavy (non-hydrogen) atoms. The number of nitrogens with two attached hydrogens (primary N) is 1. The van der Waals surface area contributed by atoms with Crippen molar-refractivity contribution in [1.82, 2.24) is 0 Å². The van der Waals surface area contributed by atoms with Gasteiger partial charge in [0.15, 0.2) is 0 Å². The Balaban J connectivity index is 0.00000361. The molecule has 0 spiro atoms. The highest BCUT2D eigenvalue weighted by Gasteiger charge is 2.48. The molecule has 0 saturated carbocycles. The van der Waals surface area contributed by atoms with Crippen LogP contribution in [0.5, 0.6) is 5.75 Å². The van der Waals surface area contributed by atoms with Gasteiger partial charge >= 0.3 is 11.9 Å². The molecular formula is C12H15ClF3NO3. The van der Waals surface area contributed by atoms with Crippen LogP contribution in [0.1, 0.15) is 18.5 Å². The van der Waals surface area contributed by atoms with Crippen molar-refractivity contribution >= 4 is 18.4 Å². The molecule has 1 rings (SSSR count). The molecule has 0 radical (unpaired) electrons. The van der Waals surface area contributed by atoms with Crippen LogP contribution in [0, 0.1) is 5.82 Å². The number of methoxy groups -OCH3 is 1. The molecule has 2 N–H and O–H groups in total. The number of esters is 1. The summed E-state index contributed by atoms with van der Waals surface area (Å²) in [6, 6.07) is 1.07. The number of carbonyl (C=O) groups excluding carboxylic acids is 1. The number of carbonyl (C=O) groups is 1. The second kappa shape index (κ2) is 7.35. The molecule has 0 amide bonds. The molecule has 1 aromatic rings. The van der Waals surface area contributed by atoms with Gasteiger partial charge in [-0.2, -0.15) is 8.78 Å². The normalized spacial score (nSPS) is 12.3. The van der Waals surface area contributed by atoms with Crippen LogP contribution in [0.2, 0.25) is 0 Å². The van der Waals surface area contributed by atoms with Gasteiger partial charge in [0.25, 0.3) is 0 Å². The van der Waals surface area contributed by atoms with Gasteiger partial charge in [-0.05, 0) is 25.1 Å². The average molecular weight is 314 g/mol. The zero-order valence-electron chi connectivity index (χ0n) is 10.9. The summed E-state index contributed by atoms with van der Waals surface area (Å²) in [5.41, 5.74) is 4.77. The summed E-state index contributed by atoms with van der Waals surface area (Å²) in [5, 5.41) is 0. The van der Waals surface area contributed by atoms with Gasteiger partial charge in [-0.25, -0.2) is 9.18 Å². The first-order valence-electron chi connectivity index (χ1n) is 5.48. The Morgan fingerprint density at radius 2 is 2.05 bits per heavy atom. The molecule has 4 nitrogen and oxygen atoms in total. The van der Waals surface area contributed by atoms with Crippen LogP contribution in [-0.4, -0.2) is 25.6 Å². The Morgan fingerprint density at radius 3 is 2.55 bits per heavy atom. The van der Waals surface area contributed by atoms with Gasteiger partial charge in [0, 0.05) is 5.56 Å². The molecular weight excluding hydrogens is 299 g/mol. The molecule has 1 aromatic carbocycles. The van der Waals surface area contributed by atoms with Crippen LogP contribution in [-0.2, 0) is 9.53 Å². The quantitative estimate of drug-likeness (QED) is 0.848. The summed E-state index contributed by atoms with van der Waals surface area (Å²) >= 11 is 0. The van der Waals surface area contributed by atoms with Crippen LogP contribution in [0.15, 0.2) is 18.2 Å². The van der Waals surface area contributed by atoms with Crippen molar-refractivity contribution in [1.29, 1.82) is 0 Å². The minimum Gasteiger partial charge on any atom is -0.497 e. The Hall–Kier alpha value is -1.47. The molecule has 114 valence electrons. The molecule has 0 unspecified atom stereocenters. The fourth-order valence-electron chi connectivity index (χ4n) is 1.44. The smallest absolute Gasteiger partial charge is 0.379 e. The summed E-state index contributed by atoms with van der Waals surface area (Å²) in [6.07, 6.45) is 0. The van der Waals surface area contributed by atoms with Gasteiger partial charge in [0.05, 0.1) is 13.7 Å². The summed E-state index contributed by atoms with van der Waals surface area (Å²) in [7, 11) is 1.30. The van der Waals surface area contributed by atoms with Gasteiger partial charge in [-0.15, -0.1) is 12.4 Å². The molecule has 8 heteroatoms. The zero-order chi connectivity index (χ0) is 14.6. The average Bonchev–Trinajstić information content (AvgIpc) is 2.38. The second-order valence-electron chi connectivity index (χ2n) is 3.71. The standard InChI is InChI=1S/C12H14F3NO3.ClH/c1-3-19-11(17)12(14,15)10(16)8-6-7(18-2)4-5-9(8)13;/h4-6,10H,3,16H2,1-2H3;1H/t10-;/m1./s1. The van der Waals surface area contributed by atoms with Crippen molar-refractivity contribution < 1.29 is 27.4 Å². The van der Waals surface area contributed by atoms with Gasteiger partial charge < -0.3 is 15.2 Å². The van der Waals surface area contributed by atoms with Crippen molar-refractivity contribution in [2.75, 3.05) is 13.7 Å². The number of rotatable bonds is 5. The third-order valence-electron chi connectivity index (χ3n) is 2.48. The predicted octanol–water partition coefficient (Wildman–Crippen LogP) is 2.45. The van der Waals surface area contributed by atoms with E-state index >= 15 is 0 Å². The van der Waals surface area contributed by atoms with Crippen molar-refractivity contribution in [3.8, 4) is 5.75 Å². The highest BCUT2D eigenvalue weighted by molar-refractivity contribution is 5.85. The Labute approximate surface area is 120 Å². The number of hydrogen-bond acceptors (Lipinski definition) is 4. The maximum Gasteiger partial charge on any atom is 0.379 e. The van der Waals surface area contributed by atoms with E-state index in [4.69, 9.17) is 10.5 Å². The lowest BCUT2D eigenvalue weighted by Crippen LogP contribution is -2.42. The first-order chi connectivity index (χ1) is 8.84. The minimum atomic E-state index is -4.02. The minimum absolute atomic E-state index is 0. The fourth-order valence-corrected chi connectivity index (χ4v) is 1.44. The second-order valence-corrected chi connectivity index (χ2v) is 3.71. The first kappa shape index (κ1) is 18.5. The van der Waals surface area contributed by atoms with Crippen LogP contribution < -0.4 is 10.5 Å². The van der Waals surface area contributed by atoms with E-state index in [2.05, 4.69) is 4.74 Å². The highest BCUT2D eigenvalue weighted by Crippen LogP contribution is 2.33. The van der Waals surface area contributed by atoms with Crippen LogP contribution in [0.25, 0.3) is 0 Å². The van der Waals surface area contributed by atoms with E-state index in [1.807, 2.05) is 0 Å². The van der Waals surface area contributed by atoms with E-state index in [1.165, 1.54) is 20.1 Å². The van der Waals surface area contributed by atoms with Crippen molar-refractivity contribution in [3.05, 3.63) is 29.6 Å². The van der Waals surface area contributed by atoms with Crippen LogP contribution >= 0.6 is 12.4 Å². The van der Waals surface area contributed by atoms with E-state index < -0.39 is 29.3 Å². The SMILES string of the molecule is CCOC(=O)C(F)(F)[C@H](N)c1cc(OC)ccc1F.Cl. The number of hydrogen-bond donors (Lipinski definition) is 1. The number of halogens is 4. The van der Waals surface area contributed by atoms with E-state index in [-0.39, 0.29) is 24.8 Å². The third-order valence-corrected chi connectivity index (χ3v) is 2.48. The summed E-state index contributed by atoms with van der Waals surface area (Å²) in [4.78, 5) is 11.1. The lowest BCUT2D eigenvalue weighted by atomic mass is 10.0. The Kier molecular flexibility index (Phi) is 6.81. The number of benzene rings is 1. The largest absolute Gasteiger partial charge is 0.497 e. The molecule has 0 heterocycles. The topological polar surface area (TPSA) is 61.5 Å². The van der Waals surface area contributed by atoms with E-state index in [0.29, 0.717) is 0 Å². The summed E-state index contributed by atoms with van der Waals surface area (Å²) in [5.74, 6) is -6.60. The number of ether oxygens (including phenoxy) is 2. The Morgan fingerprint density at radius 1 is 1.45 bits per heavy atom. The van der Waals surface area contributed by atoms with E-state index in [9.17, 15) is 18.0 Å². The third kappa shape index (κ3) is 3.77. The number of alkyl halides is 2. The Bertz CT molecular complexity index is 471. The lowest BCUT2D eigenvalue weighted by Gasteiger charge is -2.22.